The fourth-order valence-electron chi connectivity index (χ4n) is 5.65. The van der Waals surface area contributed by atoms with Crippen molar-refractivity contribution in [2.24, 2.45) is 0 Å². The van der Waals surface area contributed by atoms with Gasteiger partial charge in [-0.2, -0.15) is 0 Å². The molecule has 7 heteroatoms. The Morgan fingerprint density at radius 2 is 1.50 bits per heavy atom. The van der Waals surface area contributed by atoms with E-state index in [1.165, 1.54) is 23.3 Å². The number of aliphatic hydroxyl groups is 1. The lowest BCUT2D eigenvalue weighted by Crippen LogP contribution is -2.55. The van der Waals surface area contributed by atoms with E-state index >= 15 is 0 Å². The van der Waals surface area contributed by atoms with E-state index in [4.69, 9.17) is 4.74 Å². The smallest absolute Gasteiger partial charge is 0.329 e. The Morgan fingerprint density at radius 1 is 0.881 bits per heavy atom. The maximum Gasteiger partial charge on any atom is 0.329 e. The van der Waals surface area contributed by atoms with Crippen LogP contribution in [0.1, 0.15) is 61.6 Å². The minimum Gasteiger partial charge on any atom is -0.461 e. The van der Waals surface area contributed by atoms with Crippen molar-refractivity contribution in [3.63, 3.8) is 0 Å². The Bertz CT molecular complexity index is 1190. The average molecular weight is 575 g/mol. The van der Waals surface area contributed by atoms with Crippen molar-refractivity contribution < 1.29 is 23.8 Å². The number of nitrogens with zero attached hydrogens (tertiary/aromatic N) is 1. The third kappa shape index (κ3) is 9.98. The topological polar surface area (TPSA) is 78.9 Å². The predicted molar refractivity (Wildman–Crippen MR) is 162 cm³/mol. The molecule has 0 bridgehead atoms. The molecule has 0 aromatic heterocycles. The zero-order valence-electron chi connectivity index (χ0n) is 24.3. The molecule has 1 aliphatic heterocycles. The Labute approximate surface area is 248 Å². The number of amides is 2. The highest BCUT2D eigenvalue weighted by atomic mass is 19.1. The Hall–Kier alpha value is -3.71. The molecule has 0 spiro atoms. The molecule has 2 atom stereocenters. The fraction of sp³-hybridized carbons (Fsp3) is 0.429. The molecule has 42 heavy (non-hydrogen) atoms. The van der Waals surface area contributed by atoms with E-state index in [-0.39, 0.29) is 30.9 Å². The van der Waals surface area contributed by atoms with Gasteiger partial charge >= 0.3 is 12.0 Å². The quantitative estimate of drug-likeness (QED) is 0.223. The number of hydrogen-bond acceptors (Lipinski definition) is 4. The molecule has 0 unspecified atom stereocenters. The van der Waals surface area contributed by atoms with Crippen LogP contribution < -0.4 is 5.32 Å². The molecule has 3 aromatic rings. The van der Waals surface area contributed by atoms with Gasteiger partial charge in [-0.25, -0.2) is 14.0 Å². The van der Waals surface area contributed by atoms with Gasteiger partial charge in [0.2, 0.25) is 0 Å². The Morgan fingerprint density at radius 3 is 2.10 bits per heavy atom. The van der Waals surface area contributed by atoms with Crippen LogP contribution in [0, 0.1) is 5.82 Å². The van der Waals surface area contributed by atoms with Crippen LogP contribution in [0.2, 0.25) is 0 Å². The summed E-state index contributed by atoms with van der Waals surface area (Å²) in [6, 6.07) is 25.1. The lowest BCUT2D eigenvalue weighted by molar-refractivity contribution is -0.156. The first-order valence-electron chi connectivity index (χ1n) is 15.2. The van der Waals surface area contributed by atoms with Crippen LogP contribution in [0.25, 0.3) is 0 Å². The van der Waals surface area contributed by atoms with Crippen molar-refractivity contribution in [2.75, 3.05) is 13.2 Å². The fourth-order valence-corrected chi connectivity index (χ4v) is 5.65. The molecule has 0 aliphatic carbocycles. The molecule has 6 nitrogen and oxygen atoms in total. The summed E-state index contributed by atoms with van der Waals surface area (Å²) >= 11 is 0. The summed E-state index contributed by atoms with van der Waals surface area (Å²) < 4.78 is 19.8. The number of ether oxygens (including phenoxy) is 1. The maximum absolute atomic E-state index is 13.6. The lowest BCUT2D eigenvalue weighted by atomic mass is 10.00. The summed E-state index contributed by atoms with van der Waals surface area (Å²) in [4.78, 5) is 28.4. The Balaban J connectivity index is 1.36. The van der Waals surface area contributed by atoms with Gasteiger partial charge in [0.25, 0.3) is 0 Å². The molecular formula is C35H43FN2O4. The first-order chi connectivity index (χ1) is 20.5. The third-order valence-electron chi connectivity index (χ3n) is 7.91. The van der Waals surface area contributed by atoms with Crippen molar-refractivity contribution >= 4 is 12.0 Å². The van der Waals surface area contributed by atoms with Crippen molar-refractivity contribution in [2.45, 2.75) is 82.4 Å². The molecular weight excluding hydrogens is 531 g/mol. The number of urea groups is 1. The van der Waals surface area contributed by atoms with Crippen molar-refractivity contribution in [1.29, 1.82) is 0 Å². The average Bonchev–Trinajstić information content (AvgIpc) is 3.01. The summed E-state index contributed by atoms with van der Waals surface area (Å²) in [5.74, 6) is -0.726. The van der Waals surface area contributed by atoms with Crippen LogP contribution in [0.3, 0.4) is 0 Å². The van der Waals surface area contributed by atoms with Gasteiger partial charge in [0, 0.05) is 6.54 Å². The Kier molecular flexibility index (Phi) is 12.4. The van der Waals surface area contributed by atoms with Crippen LogP contribution in [0.4, 0.5) is 9.18 Å². The number of aryl methyl sites for hydroxylation is 2. The molecule has 1 aliphatic rings. The van der Waals surface area contributed by atoms with Gasteiger partial charge < -0.3 is 20.1 Å². The van der Waals surface area contributed by atoms with Crippen LogP contribution >= 0.6 is 0 Å². The molecule has 1 saturated heterocycles. The highest BCUT2D eigenvalue weighted by Crippen LogP contribution is 2.22. The number of likely N-dealkylation sites (tertiary alicyclic amines) is 1. The third-order valence-corrected chi connectivity index (χ3v) is 7.91. The van der Waals surface area contributed by atoms with Gasteiger partial charge in [0.05, 0.1) is 12.6 Å². The SMILES string of the molecule is O=C(OC(CCCc1ccccc1)CCCc1ccccc1)[C@@H]1CCCCN1C(=O)N[C@@H](CO)Cc1cccc(F)c1. The number of benzene rings is 3. The zero-order valence-corrected chi connectivity index (χ0v) is 24.3. The number of carbonyl (C=O) groups is 2. The highest BCUT2D eigenvalue weighted by molar-refractivity contribution is 5.84. The van der Waals surface area contributed by atoms with Gasteiger partial charge in [0.15, 0.2) is 0 Å². The monoisotopic (exact) mass is 574 g/mol. The highest BCUT2D eigenvalue weighted by Gasteiger charge is 2.35. The molecule has 0 saturated carbocycles. The van der Waals surface area contributed by atoms with E-state index in [9.17, 15) is 19.1 Å². The number of rotatable bonds is 14. The first kappa shape index (κ1) is 31.2. The molecule has 4 rings (SSSR count). The van der Waals surface area contributed by atoms with Crippen molar-refractivity contribution in [3.05, 3.63) is 107 Å². The molecule has 0 radical (unpaired) electrons. The lowest BCUT2D eigenvalue weighted by Gasteiger charge is -2.36. The van der Waals surface area contributed by atoms with Crippen LogP contribution in [-0.4, -0.2) is 53.3 Å². The molecule has 2 amide bonds. The van der Waals surface area contributed by atoms with Gasteiger partial charge in [-0.1, -0.05) is 72.8 Å². The van der Waals surface area contributed by atoms with E-state index in [0.717, 1.165) is 51.4 Å². The van der Waals surface area contributed by atoms with E-state index in [1.54, 1.807) is 17.0 Å². The minimum absolute atomic E-state index is 0.227. The van der Waals surface area contributed by atoms with E-state index < -0.39 is 18.1 Å². The van der Waals surface area contributed by atoms with Gasteiger partial charge in [-0.05, 0) is 93.0 Å². The number of halogens is 1. The number of piperidine rings is 1. The van der Waals surface area contributed by atoms with Crippen LogP contribution in [0.5, 0.6) is 0 Å². The van der Waals surface area contributed by atoms with Gasteiger partial charge in [-0.3, -0.25) is 0 Å². The number of aliphatic hydroxyl groups excluding tert-OH is 1. The van der Waals surface area contributed by atoms with Crippen molar-refractivity contribution in [1.82, 2.24) is 10.2 Å². The molecule has 1 fully saturated rings. The minimum atomic E-state index is -0.669. The number of esters is 1. The van der Waals surface area contributed by atoms with E-state index in [0.29, 0.717) is 18.5 Å². The molecule has 2 N–H and O–H groups in total. The molecule has 3 aromatic carbocycles. The second-order valence-corrected chi connectivity index (χ2v) is 11.2. The number of carbonyl (C=O) groups excluding carboxylic acids is 2. The van der Waals surface area contributed by atoms with Gasteiger partial charge in [-0.15, -0.1) is 0 Å². The second kappa shape index (κ2) is 16.7. The molecule has 224 valence electrons. The van der Waals surface area contributed by atoms with Crippen LogP contribution in [0.15, 0.2) is 84.9 Å². The largest absolute Gasteiger partial charge is 0.461 e. The second-order valence-electron chi connectivity index (χ2n) is 11.2. The summed E-state index contributed by atoms with van der Waals surface area (Å²) in [5, 5.41) is 12.8. The summed E-state index contributed by atoms with van der Waals surface area (Å²) in [7, 11) is 0. The van der Waals surface area contributed by atoms with E-state index in [1.807, 2.05) is 36.4 Å². The predicted octanol–water partition coefficient (Wildman–Crippen LogP) is 6.25. The van der Waals surface area contributed by atoms with Crippen LogP contribution in [-0.2, 0) is 28.8 Å². The summed E-state index contributed by atoms with van der Waals surface area (Å²) in [6.45, 7) is 0.145. The number of hydrogen-bond donors (Lipinski definition) is 2. The zero-order chi connectivity index (χ0) is 29.6. The molecule has 1 heterocycles. The normalized spacial score (nSPS) is 15.8. The van der Waals surface area contributed by atoms with E-state index in [2.05, 4.69) is 29.6 Å². The van der Waals surface area contributed by atoms with Crippen molar-refractivity contribution in [3.8, 4) is 0 Å². The summed E-state index contributed by atoms with van der Waals surface area (Å²) in [5.41, 5.74) is 3.20. The standard InChI is InChI=1S/C35H43FN2O4/c36-30-19-9-18-29(24-30)25-31(26-39)37-35(41)38-23-8-7-22-33(38)34(40)42-32(20-10-16-27-12-3-1-4-13-27)21-11-17-28-14-5-2-6-15-28/h1-6,9,12-15,18-19,24,31-33,39H,7-8,10-11,16-17,20-23,25-26H2,(H,37,41)/t31-,33+/m1/s1. The number of nitrogens with one attached hydrogen (secondary N) is 1. The van der Waals surface area contributed by atoms with Gasteiger partial charge in [0.1, 0.15) is 18.0 Å². The first-order valence-corrected chi connectivity index (χ1v) is 15.2. The maximum atomic E-state index is 13.6. The summed E-state index contributed by atoms with van der Waals surface area (Å²) in [6.07, 6.45) is 7.39.